The molecular weight excluding hydrogens is 302 g/mol. The molecule has 0 bridgehead atoms. The molecule has 1 atom stereocenters. The molecule has 0 aliphatic carbocycles. The predicted molar refractivity (Wildman–Crippen MR) is 83.8 cm³/mol. The molecule has 1 aromatic carbocycles. The van der Waals surface area contributed by atoms with Gasteiger partial charge in [-0.05, 0) is 19.1 Å². The molecule has 1 amide bonds. The van der Waals surface area contributed by atoms with Crippen molar-refractivity contribution in [1.82, 2.24) is 4.90 Å². The van der Waals surface area contributed by atoms with Gasteiger partial charge in [-0.15, -0.1) is 0 Å². The fraction of sp³-hybridized carbons (Fsp3) is 0.500. The van der Waals surface area contributed by atoms with Crippen molar-refractivity contribution < 1.29 is 28.9 Å². The highest BCUT2D eigenvalue weighted by Crippen LogP contribution is 2.23. The van der Waals surface area contributed by atoms with Gasteiger partial charge in [0.2, 0.25) is 0 Å². The maximum atomic E-state index is 12.7. The molecule has 7 heteroatoms. The van der Waals surface area contributed by atoms with E-state index in [9.17, 15) is 14.7 Å². The predicted octanol–water partition coefficient (Wildman–Crippen LogP) is 1.09. The van der Waals surface area contributed by atoms with Crippen LogP contribution in [-0.4, -0.2) is 62.4 Å². The molecule has 0 aromatic heterocycles. The molecule has 0 saturated heterocycles. The lowest BCUT2D eigenvalue weighted by Crippen LogP contribution is -2.38. The number of methoxy groups -OCH3 is 3. The first-order valence-electron chi connectivity index (χ1n) is 7.18. The quantitative estimate of drug-likeness (QED) is 0.720. The van der Waals surface area contributed by atoms with Gasteiger partial charge in [0.05, 0.1) is 33.9 Å². The zero-order chi connectivity index (χ0) is 17.4. The highest BCUT2D eigenvalue weighted by atomic mass is 16.5. The molecule has 1 rings (SSSR count). The summed E-state index contributed by atoms with van der Waals surface area (Å²) in [7, 11) is 4.28. The fourth-order valence-corrected chi connectivity index (χ4v) is 2.04. The number of carbonyl (C=O) groups excluding carboxylic acids is 2. The molecule has 1 aromatic rings. The number of esters is 1. The van der Waals surface area contributed by atoms with Crippen molar-refractivity contribution in [2.45, 2.75) is 19.4 Å². The first-order chi connectivity index (χ1) is 10.9. The standard InChI is InChI=1S/C16H23NO6/c1-11(18)10-17(6-5-15(19)23-4)16(20)12-7-13(21-2)9-14(8-12)22-3/h7-9,11,18H,5-6,10H2,1-4H3. The van der Waals surface area contributed by atoms with Gasteiger partial charge in [0, 0.05) is 24.7 Å². The topological polar surface area (TPSA) is 85.3 Å². The van der Waals surface area contributed by atoms with Crippen molar-refractivity contribution >= 4 is 11.9 Å². The molecule has 0 radical (unpaired) electrons. The molecule has 7 nitrogen and oxygen atoms in total. The number of hydrogen-bond donors (Lipinski definition) is 1. The molecule has 0 aliphatic heterocycles. The van der Waals surface area contributed by atoms with Gasteiger partial charge in [-0.1, -0.05) is 0 Å². The Morgan fingerprint density at radius 2 is 1.70 bits per heavy atom. The second kappa shape index (κ2) is 8.99. The van der Waals surface area contributed by atoms with E-state index in [2.05, 4.69) is 4.74 Å². The van der Waals surface area contributed by atoms with Crippen molar-refractivity contribution in [3.05, 3.63) is 23.8 Å². The summed E-state index contributed by atoms with van der Waals surface area (Å²) < 4.78 is 14.9. The highest BCUT2D eigenvalue weighted by molar-refractivity contribution is 5.95. The fourth-order valence-electron chi connectivity index (χ4n) is 2.04. The molecule has 128 valence electrons. The number of benzene rings is 1. The molecule has 0 spiro atoms. The number of nitrogens with zero attached hydrogens (tertiary/aromatic N) is 1. The molecule has 1 N–H and O–H groups in total. The van der Waals surface area contributed by atoms with Gasteiger partial charge < -0.3 is 24.2 Å². The zero-order valence-corrected chi connectivity index (χ0v) is 13.9. The Bertz CT molecular complexity index is 521. The average Bonchev–Trinajstić information content (AvgIpc) is 2.56. The molecule has 23 heavy (non-hydrogen) atoms. The lowest BCUT2D eigenvalue weighted by atomic mass is 10.1. The van der Waals surface area contributed by atoms with Gasteiger partial charge >= 0.3 is 5.97 Å². The number of aliphatic hydroxyl groups excluding tert-OH is 1. The SMILES string of the molecule is COC(=O)CCN(CC(C)O)C(=O)c1cc(OC)cc(OC)c1. The van der Waals surface area contributed by atoms with Gasteiger partial charge in [0.25, 0.3) is 5.91 Å². The molecule has 1 unspecified atom stereocenters. The minimum Gasteiger partial charge on any atom is -0.497 e. The first-order valence-corrected chi connectivity index (χ1v) is 7.18. The van der Waals surface area contributed by atoms with Crippen molar-refractivity contribution in [1.29, 1.82) is 0 Å². The van der Waals surface area contributed by atoms with E-state index in [0.29, 0.717) is 17.1 Å². The maximum absolute atomic E-state index is 12.7. The lowest BCUT2D eigenvalue weighted by molar-refractivity contribution is -0.140. The zero-order valence-electron chi connectivity index (χ0n) is 13.9. The Hall–Kier alpha value is -2.28. The monoisotopic (exact) mass is 325 g/mol. The van der Waals surface area contributed by atoms with Crippen LogP contribution < -0.4 is 9.47 Å². The third-order valence-electron chi connectivity index (χ3n) is 3.18. The van der Waals surface area contributed by atoms with E-state index in [1.165, 1.54) is 26.2 Å². The normalized spacial score (nSPS) is 11.5. The van der Waals surface area contributed by atoms with E-state index in [-0.39, 0.29) is 25.4 Å². The van der Waals surface area contributed by atoms with Gasteiger partial charge in [-0.25, -0.2) is 0 Å². The Kier molecular flexibility index (Phi) is 7.34. The van der Waals surface area contributed by atoms with Crippen LogP contribution in [0.2, 0.25) is 0 Å². The number of carbonyl (C=O) groups is 2. The number of hydrogen-bond acceptors (Lipinski definition) is 6. The van der Waals surface area contributed by atoms with E-state index in [1.54, 1.807) is 25.1 Å². The third kappa shape index (κ3) is 5.78. The molecule has 0 aliphatic rings. The minimum atomic E-state index is -0.718. The van der Waals surface area contributed by atoms with Crippen LogP contribution in [0.5, 0.6) is 11.5 Å². The van der Waals surface area contributed by atoms with Crippen LogP contribution in [0.4, 0.5) is 0 Å². The van der Waals surface area contributed by atoms with Crippen LogP contribution in [-0.2, 0) is 9.53 Å². The summed E-state index contributed by atoms with van der Waals surface area (Å²) in [5.41, 5.74) is 0.353. The summed E-state index contributed by atoms with van der Waals surface area (Å²) in [6.07, 6.45) is -0.667. The van der Waals surface area contributed by atoms with Gasteiger partial charge in [-0.2, -0.15) is 0 Å². The van der Waals surface area contributed by atoms with Crippen molar-refractivity contribution in [2.24, 2.45) is 0 Å². The van der Waals surface area contributed by atoms with E-state index in [4.69, 9.17) is 9.47 Å². The second-order valence-corrected chi connectivity index (χ2v) is 5.03. The van der Waals surface area contributed by atoms with Crippen molar-refractivity contribution in [3.8, 4) is 11.5 Å². The number of aliphatic hydroxyl groups is 1. The van der Waals surface area contributed by atoms with Crippen LogP contribution in [0, 0.1) is 0 Å². The van der Waals surface area contributed by atoms with Gasteiger partial charge in [0.15, 0.2) is 0 Å². The van der Waals surface area contributed by atoms with Gasteiger partial charge in [0.1, 0.15) is 11.5 Å². The molecular formula is C16H23NO6. The van der Waals surface area contributed by atoms with Crippen LogP contribution in [0.25, 0.3) is 0 Å². The van der Waals surface area contributed by atoms with Crippen LogP contribution in [0.3, 0.4) is 0 Å². The summed E-state index contributed by atoms with van der Waals surface area (Å²) in [6, 6.07) is 4.82. The van der Waals surface area contributed by atoms with Crippen molar-refractivity contribution in [3.63, 3.8) is 0 Å². The van der Waals surface area contributed by atoms with E-state index in [1.807, 2.05) is 0 Å². The summed E-state index contributed by atoms with van der Waals surface area (Å²) in [4.78, 5) is 25.4. The van der Waals surface area contributed by atoms with Crippen LogP contribution in [0.1, 0.15) is 23.7 Å². The molecule has 0 heterocycles. The number of ether oxygens (including phenoxy) is 3. The van der Waals surface area contributed by atoms with E-state index >= 15 is 0 Å². The second-order valence-electron chi connectivity index (χ2n) is 5.03. The Balaban J connectivity index is 3.00. The first kappa shape index (κ1) is 18.8. The number of rotatable bonds is 8. The summed E-state index contributed by atoms with van der Waals surface area (Å²) in [6.45, 7) is 1.83. The largest absolute Gasteiger partial charge is 0.497 e. The highest BCUT2D eigenvalue weighted by Gasteiger charge is 2.20. The summed E-state index contributed by atoms with van der Waals surface area (Å²) in [5.74, 6) is 0.221. The summed E-state index contributed by atoms with van der Waals surface area (Å²) in [5, 5.41) is 9.58. The molecule has 0 saturated carbocycles. The minimum absolute atomic E-state index is 0.0517. The van der Waals surface area contributed by atoms with E-state index < -0.39 is 12.1 Å². The smallest absolute Gasteiger partial charge is 0.307 e. The van der Waals surface area contributed by atoms with E-state index in [0.717, 1.165) is 0 Å². The van der Waals surface area contributed by atoms with Crippen LogP contribution >= 0.6 is 0 Å². The third-order valence-corrected chi connectivity index (χ3v) is 3.18. The van der Waals surface area contributed by atoms with Crippen LogP contribution in [0.15, 0.2) is 18.2 Å². The Morgan fingerprint density at radius 3 is 2.13 bits per heavy atom. The Morgan fingerprint density at radius 1 is 1.13 bits per heavy atom. The average molecular weight is 325 g/mol. The van der Waals surface area contributed by atoms with Gasteiger partial charge in [-0.3, -0.25) is 9.59 Å². The maximum Gasteiger partial charge on any atom is 0.307 e. The lowest BCUT2D eigenvalue weighted by Gasteiger charge is -2.24. The number of amides is 1. The Labute approximate surface area is 135 Å². The van der Waals surface area contributed by atoms with Crippen molar-refractivity contribution in [2.75, 3.05) is 34.4 Å². The molecule has 0 fully saturated rings. The summed E-state index contributed by atoms with van der Waals surface area (Å²) >= 11 is 0.